The maximum atomic E-state index is 9.31. The van der Waals surface area contributed by atoms with Crippen molar-refractivity contribution in [3.8, 4) is 5.75 Å². The third kappa shape index (κ3) is 1.75. The van der Waals surface area contributed by atoms with Gasteiger partial charge in [0, 0.05) is 6.54 Å². The summed E-state index contributed by atoms with van der Waals surface area (Å²) in [5, 5.41) is 18.6. The number of benzene rings is 1. The minimum atomic E-state index is -0.684. The number of phenolic OH excluding ortho intramolecular Hbond substituents is 1. The monoisotopic (exact) mass is 167 g/mol. The number of hydrogen-bond donors (Lipinski definition) is 3. The van der Waals surface area contributed by atoms with E-state index in [4.69, 9.17) is 5.73 Å². The molecule has 0 aliphatic carbocycles. The van der Waals surface area contributed by atoms with E-state index < -0.39 is 6.10 Å². The Morgan fingerprint density at radius 2 is 2.17 bits per heavy atom. The van der Waals surface area contributed by atoms with Crippen LogP contribution in [-0.2, 0) is 0 Å². The quantitative estimate of drug-likeness (QED) is 0.607. The summed E-state index contributed by atoms with van der Waals surface area (Å²) in [5.74, 6) is 0.194. The summed E-state index contributed by atoms with van der Waals surface area (Å²) in [6.45, 7) is 1.97. The Hall–Kier alpha value is -1.06. The fourth-order valence-electron chi connectivity index (χ4n) is 0.970. The summed E-state index contributed by atoms with van der Waals surface area (Å²) in [6, 6.07) is 5.04. The lowest BCUT2D eigenvalue weighted by Crippen LogP contribution is -2.11. The lowest BCUT2D eigenvalue weighted by Gasteiger charge is -2.08. The minimum absolute atomic E-state index is 0.169. The lowest BCUT2D eigenvalue weighted by molar-refractivity contribution is 0.186. The lowest BCUT2D eigenvalue weighted by atomic mass is 10.1. The molecule has 1 rings (SSSR count). The number of nitrogens with two attached hydrogens (primary N) is 1. The van der Waals surface area contributed by atoms with Crippen molar-refractivity contribution in [2.24, 2.45) is 5.73 Å². The molecule has 0 amide bonds. The summed E-state index contributed by atoms with van der Waals surface area (Å²) >= 11 is 0. The maximum absolute atomic E-state index is 9.31. The summed E-state index contributed by atoms with van der Waals surface area (Å²) in [4.78, 5) is 0. The predicted molar refractivity (Wildman–Crippen MR) is 46.9 cm³/mol. The fourth-order valence-corrected chi connectivity index (χ4v) is 0.970. The molecule has 0 saturated heterocycles. The second-order valence-electron chi connectivity index (χ2n) is 2.80. The minimum Gasteiger partial charge on any atom is -0.508 e. The van der Waals surface area contributed by atoms with E-state index in [1.807, 2.05) is 0 Å². The van der Waals surface area contributed by atoms with Crippen molar-refractivity contribution < 1.29 is 10.2 Å². The van der Waals surface area contributed by atoms with Gasteiger partial charge in [0.25, 0.3) is 0 Å². The largest absolute Gasteiger partial charge is 0.508 e. The van der Waals surface area contributed by atoms with E-state index in [2.05, 4.69) is 0 Å². The van der Waals surface area contributed by atoms with Gasteiger partial charge in [-0.05, 0) is 24.1 Å². The number of aromatic hydroxyl groups is 1. The van der Waals surface area contributed by atoms with Crippen LogP contribution in [0.4, 0.5) is 0 Å². The highest BCUT2D eigenvalue weighted by atomic mass is 16.3. The smallest absolute Gasteiger partial charge is 0.118 e. The molecule has 1 aromatic carbocycles. The van der Waals surface area contributed by atoms with Crippen molar-refractivity contribution >= 4 is 0 Å². The highest BCUT2D eigenvalue weighted by Crippen LogP contribution is 2.21. The van der Waals surface area contributed by atoms with Crippen LogP contribution in [0.2, 0.25) is 0 Å². The van der Waals surface area contributed by atoms with Crippen LogP contribution in [0.15, 0.2) is 18.2 Å². The Morgan fingerprint density at radius 3 is 2.67 bits per heavy atom. The van der Waals surface area contributed by atoms with Crippen molar-refractivity contribution in [1.82, 2.24) is 0 Å². The summed E-state index contributed by atoms with van der Waals surface area (Å²) in [6.07, 6.45) is -0.684. The second kappa shape index (κ2) is 3.56. The van der Waals surface area contributed by atoms with Gasteiger partial charge < -0.3 is 15.9 Å². The standard InChI is InChI=1S/C9H13NO2/c1-6-2-3-7(4-8(6)11)9(12)5-10/h2-4,9,11-12H,5,10H2,1H3. The van der Waals surface area contributed by atoms with E-state index in [9.17, 15) is 10.2 Å². The van der Waals surface area contributed by atoms with Gasteiger partial charge in [0.2, 0.25) is 0 Å². The van der Waals surface area contributed by atoms with Crippen LogP contribution in [0.25, 0.3) is 0 Å². The van der Waals surface area contributed by atoms with Crippen LogP contribution in [0, 0.1) is 6.92 Å². The highest BCUT2D eigenvalue weighted by Gasteiger charge is 2.06. The molecule has 4 N–H and O–H groups in total. The number of aryl methyl sites for hydroxylation is 1. The van der Waals surface area contributed by atoms with E-state index in [-0.39, 0.29) is 12.3 Å². The van der Waals surface area contributed by atoms with Gasteiger partial charge in [-0.3, -0.25) is 0 Å². The van der Waals surface area contributed by atoms with Crippen LogP contribution in [0.3, 0.4) is 0 Å². The molecule has 1 unspecified atom stereocenters. The van der Waals surface area contributed by atoms with Crippen LogP contribution in [0.5, 0.6) is 5.75 Å². The van der Waals surface area contributed by atoms with Crippen molar-refractivity contribution in [3.05, 3.63) is 29.3 Å². The van der Waals surface area contributed by atoms with E-state index in [0.29, 0.717) is 5.56 Å². The third-order valence-electron chi connectivity index (χ3n) is 1.84. The zero-order valence-electron chi connectivity index (χ0n) is 6.99. The molecule has 66 valence electrons. The van der Waals surface area contributed by atoms with E-state index in [1.165, 1.54) is 6.07 Å². The van der Waals surface area contributed by atoms with Crippen molar-refractivity contribution in [3.63, 3.8) is 0 Å². The molecule has 1 aromatic rings. The molecule has 1 atom stereocenters. The Bertz CT molecular complexity index is 273. The van der Waals surface area contributed by atoms with Gasteiger partial charge in [-0.25, -0.2) is 0 Å². The molecule has 0 fully saturated rings. The number of phenols is 1. The van der Waals surface area contributed by atoms with Gasteiger partial charge in [0.05, 0.1) is 6.10 Å². The third-order valence-corrected chi connectivity index (χ3v) is 1.84. The fraction of sp³-hybridized carbons (Fsp3) is 0.333. The average Bonchev–Trinajstić information content (AvgIpc) is 2.08. The zero-order chi connectivity index (χ0) is 9.14. The molecule has 0 spiro atoms. The average molecular weight is 167 g/mol. The SMILES string of the molecule is Cc1ccc(C(O)CN)cc1O. The topological polar surface area (TPSA) is 66.5 Å². The first-order chi connectivity index (χ1) is 5.65. The predicted octanol–water partition coefficient (Wildman–Crippen LogP) is 0.693. The Morgan fingerprint density at radius 1 is 1.50 bits per heavy atom. The van der Waals surface area contributed by atoms with Crippen LogP contribution in [0.1, 0.15) is 17.2 Å². The number of hydrogen-bond acceptors (Lipinski definition) is 3. The first-order valence-corrected chi connectivity index (χ1v) is 3.83. The highest BCUT2D eigenvalue weighted by molar-refractivity contribution is 5.36. The summed E-state index contributed by atoms with van der Waals surface area (Å²) in [7, 11) is 0. The Balaban J connectivity index is 2.96. The molecule has 0 aliphatic heterocycles. The molecule has 0 heterocycles. The molecule has 0 radical (unpaired) electrons. The Kier molecular flexibility index (Phi) is 2.68. The molecule has 12 heavy (non-hydrogen) atoms. The van der Waals surface area contributed by atoms with Crippen molar-refractivity contribution in [2.75, 3.05) is 6.54 Å². The van der Waals surface area contributed by atoms with E-state index in [0.717, 1.165) is 5.56 Å². The number of aliphatic hydroxyl groups is 1. The van der Waals surface area contributed by atoms with Crippen LogP contribution < -0.4 is 5.73 Å². The molecular weight excluding hydrogens is 154 g/mol. The van der Waals surface area contributed by atoms with E-state index >= 15 is 0 Å². The van der Waals surface area contributed by atoms with Gasteiger partial charge in [0.15, 0.2) is 0 Å². The molecule has 0 aromatic heterocycles. The van der Waals surface area contributed by atoms with Gasteiger partial charge >= 0.3 is 0 Å². The number of aliphatic hydroxyl groups excluding tert-OH is 1. The molecular formula is C9H13NO2. The normalized spacial score (nSPS) is 12.9. The van der Waals surface area contributed by atoms with Crippen LogP contribution >= 0.6 is 0 Å². The molecule has 3 nitrogen and oxygen atoms in total. The van der Waals surface area contributed by atoms with Gasteiger partial charge in [0.1, 0.15) is 5.75 Å². The van der Waals surface area contributed by atoms with Gasteiger partial charge in [-0.2, -0.15) is 0 Å². The van der Waals surface area contributed by atoms with Gasteiger partial charge in [-0.1, -0.05) is 12.1 Å². The first kappa shape index (κ1) is 9.03. The zero-order valence-corrected chi connectivity index (χ0v) is 6.99. The molecule has 3 heteroatoms. The van der Waals surface area contributed by atoms with E-state index in [1.54, 1.807) is 19.1 Å². The maximum Gasteiger partial charge on any atom is 0.118 e. The molecule has 0 saturated carbocycles. The first-order valence-electron chi connectivity index (χ1n) is 3.83. The second-order valence-corrected chi connectivity index (χ2v) is 2.80. The Labute approximate surface area is 71.5 Å². The summed E-state index contributed by atoms with van der Waals surface area (Å²) < 4.78 is 0. The molecule has 0 aliphatic rings. The van der Waals surface area contributed by atoms with Crippen molar-refractivity contribution in [2.45, 2.75) is 13.0 Å². The number of rotatable bonds is 2. The van der Waals surface area contributed by atoms with Crippen molar-refractivity contribution in [1.29, 1.82) is 0 Å². The van der Waals surface area contributed by atoms with Gasteiger partial charge in [-0.15, -0.1) is 0 Å². The molecule has 0 bridgehead atoms. The summed E-state index contributed by atoms with van der Waals surface area (Å²) in [5.41, 5.74) is 6.71. The van der Waals surface area contributed by atoms with Crippen LogP contribution in [-0.4, -0.2) is 16.8 Å².